The van der Waals surface area contributed by atoms with Crippen LogP contribution in [0.1, 0.15) is 15.9 Å². The molecule has 0 aliphatic rings. The van der Waals surface area contributed by atoms with Gasteiger partial charge in [-0.2, -0.15) is 0 Å². The Morgan fingerprint density at radius 2 is 1.59 bits per heavy atom. The molecule has 1 N–H and O–H groups in total. The lowest BCUT2D eigenvalue weighted by Crippen LogP contribution is -2.17. The second kappa shape index (κ2) is 9.45. The van der Waals surface area contributed by atoms with E-state index in [1.807, 2.05) is 6.92 Å². The zero-order valence-electron chi connectivity index (χ0n) is 15.4. The van der Waals surface area contributed by atoms with Crippen molar-refractivity contribution < 1.29 is 19.1 Å². The highest BCUT2D eigenvalue weighted by atomic mass is 35.5. The van der Waals surface area contributed by atoms with Gasteiger partial charge in [0.25, 0.3) is 5.91 Å². The largest absolute Gasteiger partial charge is 0.482 e. The number of benzene rings is 3. The number of carbonyl (C=O) groups excluding carboxylic acids is 2. The minimum Gasteiger partial charge on any atom is -0.482 e. The van der Waals surface area contributed by atoms with Gasteiger partial charge in [0.05, 0.1) is 10.6 Å². The standard InChI is InChI=1S/C22H17Cl2NO4/c1-14-12-17(10-11-19(14)23)28-13-21(26)29-16-8-6-15(7-9-16)25-22(27)18-4-2-3-5-20(18)24/h2-12H,13H2,1H3,(H,25,27). The van der Waals surface area contributed by atoms with Crippen LogP contribution in [0, 0.1) is 6.92 Å². The number of hydrogen-bond donors (Lipinski definition) is 1. The van der Waals surface area contributed by atoms with Crippen LogP contribution in [-0.4, -0.2) is 18.5 Å². The van der Waals surface area contributed by atoms with Gasteiger partial charge in [-0.05, 0) is 67.1 Å². The molecule has 1 amide bonds. The van der Waals surface area contributed by atoms with Crippen molar-refractivity contribution in [1.29, 1.82) is 0 Å². The average molecular weight is 430 g/mol. The van der Waals surface area contributed by atoms with Crippen molar-refractivity contribution in [3.8, 4) is 11.5 Å². The fourth-order valence-electron chi connectivity index (χ4n) is 2.46. The molecule has 148 valence electrons. The predicted molar refractivity (Wildman–Crippen MR) is 113 cm³/mol. The molecule has 0 fully saturated rings. The van der Waals surface area contributed by atoms with Crippen molar-refractivity contribution in [2.24, 2.45) is 0 Å². The summed E-state index contributed by atoms with van der Waals surface area (Å²) in [4.78, 5) is 24.2. The Morgan fingerprint density at radius 1 is 0.897 bits per heavy atom. The molecule has 7 heteroatoms. The molecule has 0 saturated carbocycles. The van der Waals surface area contributed by atoms with Crippen LogP contribution in [0.25, 0.3) is 0 Å². The predicted octanol–water partition coefficient (Wildman–Crippen LogP) is 5.54. The zero-order chi connectivity index (χ0) is 20.8. The van der Waals surface area contributed by atoms with E-state index in [1.165, 1.54) is 0 Å². The first-order chi connectivity index (χ1) is 13.9. The third kappa shape index (κ3) is 5.73. The van der Waals surface area contributed by atoms with Gasteiger partial charge in [-0.25, -0.2) is 4.79 Å². The second-order valence-corrected chi connectivity index (χ2v) is 6.95. The summed E-state index contributed by atoms with van der Waals surface area (Å²) >= 11 is 12.0. The monoisotopic (exact) mass is 429 g/mol. The molecule has 0 atom stereocenters. The molecular weight excluding hydrogens is 413 g/mol. The van der Waals surface area contributed by atoms with Gasteiger partial charge in [-0.15, -0.1) is 0 Å². The Balaban J connectivity index is 1.53. The molecule has 3 rings (SSSR count). The van der Waals surface area contributed by atoms with E-state index in [0.29, 0.717) is 32.8 Å². The van der Waals surface area contributed by atoms with E-state index in [0.717, 1.165) is 5.56 Å². The summed E-state index contributed by atoms with van der Waals surface area (Å²) in [6, 6.07) is 18.3. The Hall–Kier alpha value is -3.02. The van der Waals surface area contributed by atoms with Crippen LogP contribution in [0.2, 0.25) is 10.0 Å². The molecule has 3 aromatic rings. The lowest BCUT2D eigenvalue weighted by molar-refractivity contribution is -0.136. The maximum Gasteiger partial charge on any atom is 0.349 e. The highest BCUT2D eigenvalue weighted by Gasteiger charge is 2.11. The van der Waals surface area contributed by atoms with Crippen molar-refractivity contribution in [3.63, 3.8) is 0 Å². The lowest BCUT2D eigenvalue weighted by Gasteiger charge is -2.09. The maximum absolute atomic E-state index is 12.3. The van der Waals surface area contributed by atoms with E-state index in [4.69, 9.17) is 32.7 Å². The summed E-state index contributed by atoms with van der Waals surface area (Å²) < 4.78 is 10.6. The van der Waals surface area contributed by atoms with Crippen molar-refractivity contribution in [1.82, 2.24) is 0 Å². The van der Waals surface area contributed by atoms with Gasteiger partial charge in [0.1, 0.15) is 11.5 Å². The second-order valence-electron chi connectivity index (χ2n) is 6.13. The van der Waals surface area contributed by atoms with Crippen molar-refractivity contribution in [3.05, 3.63) is 87.9 Å². The van der Waals surface area contributed by atoms with E-state index < -0.39 is 5.97 Å². The maximum atomic E-state index is 12.3. The molecule has 0 bridgehead atoms. The van der Waals surface area contributed by atoms with Crippen LogP contribution in [-0.2, 0) is 4.79 Å². The molecule has 0 heterocycles. The lowest BCUT2D eigenvalue weighted by atomic mass is 10.2. The van der Waals surface area contributed by atoms with Crippen LogP contribution in [0.3, 0.4) is 0 Å². The number of esters is 1. The normalized spacial score (nSPS) is 10.3. The first kappa shape index (κ1) is 20.7. The molecule has 29 heavy (non-hydrogen) atoms. The summed E-state index contributed by atoms with van der Waals surface area (Å²) in [5, 5.41) is 3.73. The van der Waals surface area contributed by atoms with E-state index in [2.05, 4.69) is 5.32 Å². The van der Waals surface area contributed by atoms with Crippen molar-refractivity contribution in [2.75, 3.05) is 11.9 Å². The number of anilines is 1. The molecule has 5 nitrogen and oxygen atoms in total. The van der Waals surface area contributed by atoms with E-state index in [1.54, 1.807) is 66.7 Å². The van der Waals surface area contributed by atoms with Crippen molar-refractivity contribution >= 4 is 40.8 Å². The molecule has 0 radical (unpaired) electrons. The van der Waals surface area contributed by atoms with Crippen LogP contribution in [0.5, 0.6) is 11.5 Å². The molecular formula is C22H17Cl2NO4. The average Bonchev–Trinajstić information content (AvgIpc) is 2.70. The summed E-state index contributed by atoms with van der Waals surface area (Å²) in [5.74, 6) is -0.0134. The molecule has 0 spiro atoms. The van der Waals surface area contributed by atoms with E-state index in [-0.39, 0.29) is 12.5 Å². The van der Waals surface area contributed by atoms with E-state index >= 15 is 0 Å². The topological polar surface area (TPSA) is 64.6 Å². The quantitative estimate of drug-likeness (QED) is 0.412. The van der Waals surface area contributed by atoms with Crippen LogP contribution < -0.4 is 14.8 Å². The highest BCUT2D eigenvalue weighted by Crippen LogP contribution is 2.22. The van der Waals surface area contributed by atoms with Crippen LogP contribution >= 0.6 is 23.2 Å². The number of amides is 1. The fourth-order valence-corrected chi connectivity index (χ4v) is 2.80. The fraction of sp³-hybridized carbons (Fsp3) is 0.0909. The number of aryl methyl sites for hydroxylation is 1. The number of nitrogens with one attached hydrogen (secondary N) is 1. The third-order valence-electron chi connectivity index (χ3n) is 3.95. The van der Waals surface area contributed by atoms with Gasteiger partial charge in [0.2, 0.25) is 0 Å². The minimum atomic E-state index is -0.551. The van der Waals surface area contributed by atoms with Gasteiger partial charge >= 0.3 is 5.97 Å². The number of rotatable bonds is 6. The molecule has 0 aliphatic heterocycles. The zero-order valence-corrected chi connectivity index (χ0v) is 17.0. The van der Waals surface area contributed by atoms with Gasteiger partial charge in [0.15, 0.2) is 6.61 Å². The van der Waals surface area contributed by atoms with Crippen LogP contribution in [0.4, 0.5) is 5.69 Å². The SMILES string of the molecule is Cc1cc(OCC(=O)Oc2ccc(NC(=O)c3ccccc3Cl)cc2)ccc1Cl. The summed E-state index contributed by atoms with van der Waals surface area (Å²) in [6.45, 7) is 1.60. The molecule has 0 aromatic heterocycles. The number of hydrogen-bond acceptors (Lipinski definition) is 4. The third-order valence-corrected chi connectivity index (χ3v) is 4.70. The van der Waals surface area contributed by atoms with Gasteiger partial charge in [-0.3, -0.25) is 4.79 Å². The Kier molecular flexibility index (Phi) is 6.75. The van der Waals surface area contributed by atoms with Gasteiger partial charge in [-0.1, -0.05) is 35.3 Å². The Labute approximate surface area is 178 Å². The summed E-state index contributed by atoms with van der Waals surface area (Å²) in [6.07, 6.45) is 0. The van der Waals surface area contributed by atoms with Gasteiger partial charge in [0, 0.05) is 10.7 Å². The smallest absolute Gasteiger partial charge is 0.349 e. The first-order valence-electron chi connectivity index (χ1n) is 8.68. The first-order valence-corrected chi connectivity index (χ1v) is 9.43. The minimum absolute atomic E-state index is 0.244. The molecule has 0 saturated heterocycles. The summed E-state index contributed by atoms with van der Waals surface area (Å²) in [5.41, 5.74) is 1.77. The number of halogens is 2. The van der Waals surface area contributed by atoms with Crippen molar-refractivity contribution in [2.45, 2.75) is 6.92 Å². The molecule has 0 aliphatic carbocycles. The Bertz CT molecular complexity index is 1040. The Morgan fingerprint density at radius 3 is 2.28 bits per heavy atom. The highest BCUT2D eigenvalue weighted by molar-refractivity contribution is 6.34. The molecule has 0 unspecified atom stereocenters. The van der Waals surface area contributed by atoms with Gasteiger partial charge < -0.3 is 14.8 Å². The van der Waals surface area contributed by atoms with E-state index in [9.17, 15) is 9.59 Å². The summed E-state index contributed by atoms with van der Waals surface area (Å²) in [7, 11) is 0. The number of carbonyl (C=O) groups is 2. The molecule has 3 aromatic carbocycles. The number of ether oxygens (including phenoxy) is 2. The van der Waals surface area contributed by atoms with Crippen LogP contribution in [0.15, 0.2) is 66.7 Å².